The van der Waals surface area contributed by atoms with Gasteiger partial charge in [0.25, 0.3) is 0 Å². The summed E-state index contributed by atoms with van der Waals surface area (Å²) in [5.74, 6) is 1.95. The zero-order chi connectivity index (χ0) is 14.9. The molecule has 1 atom stereocenters. The number of carbonyl (C=O) groups is 1. The van der Waals surface area contributed by atoms with Gasteiger partial charge in [-0.3, -0.25) is 0 Å². The molecule has 0 radical (unpaired) electrons. The van der Waals surface area contributed by atoms with Crippen molar-refractivity contribution in [1.29, 1.82) is 0 Å². The monoisotopic (exact) mass is 309 g/mol. The third-order valence-corrected chi connectivity index (χ3v) is 4.59. The fraction of sp³-hybridized carbons (Fsp3) is 0.562. The van der Waals surface area contributed by atoms with Crippen LogP contribution in [0.1, 0.15) is 38.2 Å². The van der Waals surface area contributed by atoms with E-state index in [4.69, 9.17) is 9.47 Å². The highest BCUT2D eigenvalue weighted by molar-refractivity contribution is 7.99. The molecule has 0 aromatic heterocycles. The first kappa shape index (κ1) is 16.0. The molecule has 0 saturated carbocycles. The summed E-state index contributed by atoms with van der Waals surface area (Å²) in [6, 6.07) is 7.61. The maximum absolute atomic E-state index is 11.8. The van der Waals surface area contributed by atoms with Crippen molar-refractivity contribution < 1.29 is 14.3 Å². The minimum Gasteiger partial charge on any atom is -0.494 e. The number of benzene rings is 1. The fourth-order valence-corrected chi connectivity index (χ4v) is 3.37. The van der Waals surface area contributed by atoms with Crippen molar-refractivity contribution in [3.05, 3.63) is 29.8 Å². The van der Waals surface area contributed by atoms with Crippen LogP contribution in [0.25, 0.3) is 0 Å². The summed E-state index contributed by atoms with van der Waals surface area (Å²) in [6.45, 7) is 2.89. The molecule has 0 bridgehead atoms. The molecule has 1 aromatic rings. The highest BCUT2D eigenvalue weighted by Gasteiger charge is 2.15. The SMILES string of the molecule is CCOc1ccc(COC(=O)NC2CCCCCS2)cc1. The van der Waals surface area contributed by atoms with Crippen LogP contribution in [0.15, 0.2) is 24.3 Å². The standard InChI is InChI=1S/C16H23NO3S/c1-2-19-14-9-7-13(8-10-14)12-20-16(18)17-15-6-4-3-5-11-21-15/h7-10,15H,2-6,11-12H2,1H3,(H,17,18). The van der Waals surface area contributed by atoms with Crippen LogP contribution in [0.2, 0.25) is 0 Å². The molecule has 116 valence electrons. The Balaban J connectivity index is 1.72. The van der Waals surface area contributed by atoms with Crippen LogP contribution >= 0.6 is 11.8 Å². The molecule has 0 aliphatic carbocycles. The minimum atomic E-state index is -0.330. The van der Waals surface area contributed by atoms with Crippen molar-refractivity contribution in [2.75, 3.05) is 12.4 Å². The number of thioether (sulfide) groups is 1. The lowest BCUT2D eigenvalue weighted by Gasteiger charge is -2.15. The molecular weight excluding hydrogens is 286 g/mol. The van der Waals surface area contributed by atoms with Crippen molar-refractivity contribution in [2.24, 2.45) is 0 Å². The molecule has 1 aromatic carbocycles. The van der Waals surface area contributed by atoms with Crippen molar-refractivity contribution in [2.45, 2.75) is 44.6 Å². The van der Waals surface area contributed by atoms with E-state index in [9.17, 15) is 4.79 Å². The van der Waals surface area contributed by atoms with E-state index in [1.807, 2.05) is 43.0 Å². The Kier molecular flexibility index (Phi) is 6.73. The lowest BCUT2D eigenvalue weighted by molar-refractivity contribution is 0.138. The molecule has 1 fully saturated rings. The lowest BCUT2D eigenvalue weighted by Crippen LogP contribution is -2.32. The number of hydrogen-bond donors (Lipinski definition) is 1. The summed E-state index contributed by atoms with van der Waals surface area (Å²) >= 11 is 1.81. The van der Waals surface area contributed by atoms with Crippen LogP contribution in [-0.2, 0) is 11.3 Å². The van der Waals surface area contributed by atoms with Gasteiger partial charge >= 0.3 is 6.09 Å². The number of amides is 1. The topological polar surface area (TPSA) is 47.6 Å². The predicted octanol–water partition coefficient (Wildman–Crippen LogP) is 3.94. The number of alkyl carbamates (subject to hydrolysis) is 1. The molecule has 0 spiro atoms. The Morgan fingerprint density at radius 3 is 2.86 bits per heavy atom. The number of ether oxygens (including phenoxy) is 2. The largest absolute Gasteiger partial charge is 0.494 e. The van der Waals surface area contributed by atoms with Crippen molar-refractivity contribution in [3.63, 3.8) is 0 Å². The van der Waals surface area contributed by atoms with E-state index >= 15 is 0 Å². The molecule has 1 aliphatic heterocycles. The molecule has 4 nitrogen and oxygen atoms in total. The average Bonchev–Trinajstić information content (AvgIpc) is 2.75. The van der Waals surface area contributed by atoms with Gasteiger partial charge in [0.1, 0.15) is 12.4 Å². The van der Waals surface area contributed by atoms with Crippen molar-refractivity contribution in [3.8, 4) is 5.75 Å². The molecule has 21 heavy (non-hydrogen) atoms. The fourth-order valence-electron chi connectivity index (χ4n) is 2.20. The Bertz CT molecular complexity index is 428. The van der Waals surface area contributed by atoms with Crippen LogP contribution in [0, 0.1) is 0 Å². The normalized spacial score (nSPS) is 18.6. The van der Waals surface area contributed by atoms with Gasteiger partial charge < -0.3 is 14.8 Å². The van der Waals surface area contributed by atoms with Crippen LogP contribution < -0.4 is 10.1 Å². The van der Waals surface area contributed by atoms with Crippen molar-refractivity contribution >= 4 is 17.9 Å². The van der Waals surface area contributed by atoms with E-state index in [0.717, 1.165) is 23.5 Å². The molecule has 1 unspecified atom stereocenters. The number of nitrogens with one attached hydrogen (secondary N) is 1. The first-order valence-electron chi connectivity index (χ1n) is 7.54. The number of carbonyl (C=O) groups excluding carboxylic acids is 1. The first-order chi connectivity index (χ1) is 10.3. The second-order valence-corrected chi connectivity index (χ2v) is 6.32. The van der Waals surface area contributed by atoms with Gasteiger partial charge in [-0.2, -0.15) is 0 Å². The Morgan fingerprint density at radius 2 is 2.10 bits per heavy atom. The minimum absolute atomic E-state index is 0.195. The Morgan fingerprint density at radius 1 is 1.29 bits per heavy atom. The summed E-state index contributed by atoms with van der Waals surface area (Å²) in [5, 5.41) is 3.13. The zero-order valence-corrected chi connectivity index (χ0v) is 13.3. The van der Waals surface area contributed by atoms with E-state index < -0.39 is 0 Å². The summed E-state index contributed by atoms with van der Waals surface area (Å²) in [4.78, 5) is 11.8. The van der Waals surface area contributed by atoms with Gasteiger partial charge in [-0.05, 0) is 43.2 Å². The maximum atomic E-state index is 11.8. The summed E-state index contributed by atoms with van der Waals surface area (Å²) in [7, 11) is 0. The Hall–Kier alpha value is -1.36. The summed E-state index contributed by atoms with van der Waals surface area (Å²) in [5.41, 5.74) is 0.960. The van der Waals surface area contributed by atoms with Gasteiger partial charge in [0, 0.05) is 0 Å². The third-order valence-electron chi connectivity index (χ3n) is 3.31. The van der Waals surface area contributed by atoms with Gasteiger partial charge in [0.15, 0.2) is 0 Å². The summed E-state index contributed by atoms with van der Waals surface area (Å²) < 4.78 is 10.6. The van der Waals surface area contributed by atoms with Crippen molar-refractivity contribution in [1.82, 2.24) is 5.32 Å². The maximum Gasteiger partial charge on any atom is 0.408 e. The third kappa shape index (κ3) is 5.87. The van der Waals surface area contributed by atoms with Crippen LogP contribution in [0.3, 0.4) is 0 Å². The van der Waals surface area contributed by atoms with Gasteiger partial charge in [0.05, 0.1) is 12.0 Å². The molecular formula is C16H23NO3S. The highest BCUT2D eigenvalue weighted by atomic mass is 32.2. The highest BCUT2D eigenvalue weighted by Crippen LogP contribution is 2.22. The molecule has 1 saturated heterocycles. The number of hydrogen-bond acceptors (Lipinski definition) is 4. The van der Waals surface area contributed by atoms with E-state index in [1.165, 1.54) is 19.3 Å². The van der Waals surface area contributed by atoms with Crippen LogP contribution in [-0.4, -0.2) is 23.8 Å². The molecule has 1 amide bonds. The van der Waals surface area contributed by atoms with Crippen LogP contribution in [0.4, 0.5) is 4.79 Å². The second-order valence-electron chi connectivity index (χ2n) is 5.01. The van der Waals surface area contributed by atoms with E-state index in [0.29, 0.717) is 6.61 Å². The summed E-state index contributed by atoms with van der Waals surface area (Å²) in [6.07, 6.45) is 4.37. The predicted molar refractivity (Wildman–Crippen MR) is 85.6 cm³/mol. The molecule has 2 rings (SSSR count). The molecule has 1 heterocycles. The molecule has 5 heteroatoms. The molecule has 1 aliphatic rings. The van der Waals surface area contributed by atoms with Gasteiger partial charge in [-0.15, -0.1) is 11.8 Å². The first-order valence-corrected chi connectivity index (χ1v) is 8.59. The number of rotatable bonds is 5. The van der Waals surface area contributed by atoms with Gasteiger partial charge in [0.2, 0.25) is 0 Å². The van der Waals surface area contributed by atoms with E-state index in [1.54, 1.807) is 0 Å². The van der Waals surface area contributed by atoms with E-state index in [-0.39, 0.29) is 18.1 Å². The average molecular weight is 309 g/mol. The quantitative estimate of drug-likeness (QED) is 0.895. The smallest absolute Gasteiger partial charge is 0.408 e. The zero-order valence-electron chi connectivity index (χ0n) is 12.5. The lowest BCUT2D eigenvalue weighted by atomic mass is 10.2. The Labute approximate surface area is 130 Å². The van der Waals surface area contributed by atoms with Crippen LogP contribution in [0.5, 0.6) is 5.75 Å². The molecule has 1 N–H and O–H groups in total. The van der Waals surface area contributed by atoms with Gasteiger partial charge in [-0.1, -0.05) is 25.0 Å². The second kappa shape index (κ2) is 8.82. The van der Waals surface area contributed by atoms with E-state index in [2.05, 4.69) is 5.32 Å². The van der Waals surface area contributed by atoms with Gasteiger partial charge in [-0.25, -0.2) is 4.79 Å².